The number of imide groups is 1. The Balaban J connectivity index is 1.51. The van der Waals surface area contributed by atoms with Gasteiger partial charge in [0.05, 0.1) is 32.6 Å². The van der Waals surface area contributed by atoms with Crippen molar-refractivity contribution in [2.75, 3.05) is 50.2 Å². The first kappa shape index (κ1) is 22.8. The van der Waals surface area contributed by atoms with Crippen LogP contribution in [0.2, 0.25) is 0 Å². The van der Waals surface area contributed by atoms with Gasteiger partial charge in [0, 0.05) is 50.3 Å². The fourth-order valence-electron chi connectivity index (χ4n) is 4.37. The van der Waals surface area contributed by atoms with Gasteiger partial charge in [0.15, 0.2) is 0 Å². The smallest absolute Gasteiger partial charge is 0.331 e. The number of carbonyl (C=O) groups excluding carboxylic acids is 2. The quantitative estimate of drug-likeness (QED) is 0.690. The summed E-state index contributed by atoms with van der Waals surface area (Å²) in [7, 11) is 3.13. The summed E-state index contributed by atoms with van der Waals surface area (Å²) in [6.45, 7) is 5.41. The molecule has 2 aromatic rings. The summed E-state index contributed by atoms with van der Waals surface area (Å²) in [4.78, 5) is 35.7. The normalized spacial score (nSPS) is 19.1. The van der Waals surface area contributed by atoms with Gasteiger partial charge in [0.1, 0.15) is 17.3 Å². The molecule has 4 rings (SSSR count). The van der Waals surface area contributed by atoms with Crippen LogP contribution in [0.5, 0.6) is 11.5 Å². The third-order valence-electron chi connectivity index (χ3n) is 6.29. The summed E-state index contributed by atoms with van der Waals surface area (Å²) in [5.74, 6) is 1.92. The standard InChI is InChI=1S/C24H31N5O4/c1-4-18-14-25-10-12-27(18)22-8-6-19(15-26-22)28-11-9-23(30)29(24(28)31)16-17-5-7-20(32-2)13-21(17)33-3/h5-8,13,15,18,25H,4,9-12,14,16H2,1-3H3. The van der Waals surface area contributed by atoms with Gasteiger partial charge in [-0.15, -0.1) is 0 Å². The number of piperazine rings is 1. The number of pyridine rings is 1. The third kappa shape index (κ3) is 4.73. The molecule has 0 saturated carbocycles. The summed E-state index contributed by atoms with van der Waals surface area (Å²) >= 11 is 0. The lowest BCUT2D eigenvalue weighted by atomic mass is 10.1. The van der Waals surface area contributed by atoms with Crippen LogP contribution in [0.4, 0.5) is 16.3 Å². The van der Waals surface area contributed by atoms with Crippen molar-refractivity contribution in [3.8, 4) is 11.5 Å². The average molecular weight is 454 g/mol. The van der Waals surface area contributed by atoms with Gasteiger partial charge >= 0.3 is 6.03 Å². The van der Waals surface area contributed by atoms with Crippen LogP contribution in [0.1, 0.15) is 25.3 Å². The van der Waals surface area contributed by atoms with Gasteiger partial charge in [-0.05, 0) is 30.7 Å². The Morgan fingerprint density at radius 2 is 1.97 bits per heavy atom. The van der Waals surface area contributed by atoms with Crippen molar-refractivity contribution in [2.45, 2.75) is 32.4 Å². The SMILES string of the molecule is CCC1CNCCN1c1ccc(N2CCC(=O)N(Cc3ccc(OC)cc3OC)C2=O)cn1. The number of benzene rings is 1. The fourth-order valence-corrected chi connectivity index (χ4v) is 4.37. The zero-order valence-electron chi connectivity index (χ0n) is 19.4. The number of carbonyl (C=O) groups is 2. The number of ether oxygens (including phenoxy) is 2. The Hall–Kier alpha value is -3.33. The minimum absolute atomic E-state index is 0.131. The molecule has 33 heavy (non-hydrogen) atoms. The van der Waals surface area contributed by atoms with E-state index in [9.17, 15) is 9.59 Å². The van der Waals surface area contributed by atoms with Crippen LogP contribution in [0, 0.1) is 0 Å². The second-order valence-corrected chi connectivity index (χ2v) is 8.18. The number of nitrogens with one attached hydrogen (secondary N) is 1. The van der Waals surface area contributed by atoms with E-state index in [4.69, 9.17) is 9.47 Å². The Morgan fingerprint density at radius 1 is 1.12 bits per heavy atom. The van der Waals surface area contributed by atoms with E-state index in [1.807, 2.05) is 18.2 Å². The lowest BCUT2D eigenvalue weighted by molar-refractivity contribution is -0.129. The number of anilines is 2. The van der Waals surface area contributed by atoms with Crippen LogP contribution in [-0.2, 0) is 11.3 Å². The number of nitrogens with zero attached hydrogens (tertiary/aromatic N) is 4. The van der Waals surface area contributed by atoms with Crippen LogP contribution in [0.3, 0.4) is 0 Å². The van der Waals surface area contributed by atoms with Gasteiger partial charge < -0.3 is 19.7 Å². The van der Waals surface area contributed by atoms with Crippen molar-refractivity contribution in [3.05, 3.63) is 42.1 Å². The van der Waals surface area contributed by atoms with Crippen molar-refractivity contribution in [2.24, 2.45) is 0 Å². The molecule has 2 saturated heterocycles. The monoisotopic (exact) mass is 453 g/mol. The summed E-state index contributed by atoms with van der Waals surface area (Å²) < 4.78 is 10.7. The molecule has 2 aliphatic rings. The Bertz CT molecular complexity index is 997. The number of hydrogen-bond acceptors (Lipinski definition) is 7. The van der Waals surface area contributed by atoms with Crippen LogP contribution in [-0.4, -0.2) is 68.3 Å². The molecule has 0 bridgehead atoms. The van der Waals surface area contributed by atoms with Crippen LogP contribution < -0.4 is 24.6 Å². The molecule has 1 unspecified atom stereocenters. The van der Waals surface area contributed by atoms with Crippen LogP contribution in [0.25, 0.3) is 0 Å². The molecule has 2 fully saturated rings. The van der Waals surface area contributed by atoms with Gasteiger partial charge in [-0.25, -0.2) is 9.78 Å². The number of urea groups is 1. The molecule has 3 heterocycles. The minimum atomic E-state index is -0.354. The van der Waals surface area contributed by atoms with Crippen molar-refractivity contribution >= 4 is 23.4 Å². The number of hydrogen-bond donors (Lipinski definition) is 1. The molecule has 1 atom stereocenters. The molecule has 0 radical (unpaired) electrons. The number of amides is 3. The number of aromatic nitrogens is 1. The number of methoxy groups -OCH3 is 2. The molecule has 176 valence electrons. The van der Waals surface area contributed by atoms with Gasteiger partial charge in [0.2, 0.25) is 5.91 Å². The highest BCUT2D eigenvalue weighted by atomic mass is 16.5. The van der Waals surface area contributed by atoms with Crippen LogP contribution >= 0.6 is 0 Å². The maximum absolute atomic E-state index is 13.3. The first-order chi connectivity index (χ1) is 16.0. The fraction of sp³-hybridized carbons (Fsp3) is 0.458. The summed E-state index contributed by atoms with van der Waals surface area (Å²) in [5, 5.41) is 3.42. The second kappa shape index (κ2) is 10.1. The molecule has 1 aromatic carbocycles. The Morgan fingerprint density at radius 3 is 2.67 bits per heavy atom. The second-order valence-electron chi connectivity index (χ2n) is 8.18. The topological polar surface area (TPSA) is 87.2 Å². The summed E-state index contributed by atoms with van der Waals surface area (Å²) in [5.41, 5.74) is 1.42. The third-order valence-corrected chi connectivity index (χ3v) is 6.29. The van der Waals surface area contributed by atoms with E-state index in [1.165, 1.54) is 4.90 Å². The largest absolute Gasteiger partial charge is 0.497 e. The molecule has 9 heteroatoms. The van der Waals surface area contributed by atoms with Gasteiger partial charge in [0.25, 0.3) is 0 Å². The summed E-state index contributed by atoms with van der Waals surface area (Å²) in [6, 6.07) is 9.27. The summed E-state index contributed by atoms with van der Waals surface area (Å²) in [6.07, 6.45) is 3.01. The number of rotatable bonds is 7. The maximum Gasteiger partial charge on any atom is 0.331 e. The first-order valence-corrected chi connectivity index (χ1v) is 11.3. The van der Waals surface area contributed by atoms with E-state index in [0.717, 1.165) is 37.4 Å². The van der Waals surface area contributed by atoms with Crippen molar-refractivity contribution < 1.29 is 19.1 Å². The van der Waals surface area contributed by atoms with Gasteiger partial charge in [-0.3, -0.25) is 14.6 Å². The Kier molecular flexibility index (Phi) is 6.98. The molecule has 9 nitrogen and oxygen atoms in total. The highest BCUT2D eigenvalue weighted by Crippen LogP contribution is 2.29. The maximum atomic E-state index is 13.3. The van der Waals surface area contributed by atoms with E-state index in [-0.39, 0.29) is 24.9 Å². The van der Waals surface area contributed by atoms with E-state index < -0.39 is 0 Å². The average Bonchev–Trinajstić information content (AvgIpc) is 2.86. The predicted octanol–water partition coefficient (Wildman–Crippen LogP) is 2.65. The highest BCUT2D eigenvalue weighted by Gasteiger charge is 2.34. The van der Waals surface area contributed by atoms with E-state index >= 15 is 0 Å². The first-order valence-electron chi connectivity index (χ1n) is 11.3. The van der Waals surface area contributed by atoms with Crippen molar-refractivity contribution in [1.82, 2.24) is 15.2 Å². The molecular formula is C24H31N5O4. The zero-order valence-corrected chi connectivity index (χ0v) is 19.4. The Labute approximate surface area is 194 Å². The molecule has 2 aliphatic heterocycles. The van der Waals surface area contributed by atoms with E-state index in [2.05, 4.69) is 22.1 Å². The molecule has 0 aliphatic carbocycles. The van der Waals surface area contributed by atoms with E-state index in [1.54, 1.807) is 37.4 Å². The molecule has 1 N–H and O–H groups in total. The molecule has 1 aromatic heterocycles. The molecular weight excluding hydrogens is 422 g/mol. The molecule has 3 amide bonds. The van der Waals surface area contributed by atoms with Crippen molar-refractivity contribution in [3.63, 3.8) is 0 Å². The molecule has 0 spiro atoms. The lowest BCUT2D eigenvalue weighted by Gasteiger charge is -2.37. The lowest BCUT2D eigenvalue weighted by Crippen LogP contribution is -2.52. The van der Waals surface area contributed by atoms with Crippen molar-refractivity contribution in [1.29, 1.82) is 0 Å². The van der Waals surface area contributed by atoms with E-state index in [0.29, 0.717) is 29.8 Å². The minimum Gasteiger partial charge on any atom is -0.497 e. The van der Waals surface area contributed by atoms with Crippen LogP contribution in [0.15, 0.2) is 36.5 Å². The predicted molar refractivity (Wildman–Crippen MR) is 126 cm³/mol. The van der Waals surface area contributed by atoms with Gasteiger partial charge in [-0.2, -0.15) is 0 Å². The van der Waals surface area contributed by atoms with Gasteiger partial charge in [-0.1, -0.05) is 6.92 Å². The zero-order chi connectivity index (χ0) is 23.4. The highest BCUT2D eigenvalue weighted by molar-refractivity contribution is 6.05.